The van der Waals surface area contributed by atoms with Gasteiger partial charge in [0.15, 0.2) is 0 Å². The van der Waals surface area contributed by atoms with E-state index in [1.807, 2.05) is 6.92 Å². The van der Waals surface area contributed by atoms with Crippen molar-refractivity contribution in [2.45, 2.75) is 13.3 Å². The van der Waals surface area contributed by atoms with Gasteiger partial charge in [0.25, 0.3) is 5.91 Å². The van der Waals surface area contributed by atoms with Crippen LogP contribution in [0.15, 0.2) is 18.2 Å². The number of halogens is 1. The van der Waals surface area contributed by atoms with Crippen LogP contribution < -0.4 is 16.6 Å². The number of hydrazine groups is 1. The van der Waals surface area contributed by atoms with E-state index in [4.69, 9.17) is 17.4 Å². The second-order valence-corrected chi connectivity index (χ2v) is 3.53. The van der Waals surface area contributed by atoms with Crippen molar-refractivity contribution in [3.63, 3.8) is 0 Å². The summed E-state index contributed by atoms with van der Waals surface area (Å²) in [5.41, 5.74) is 3.48. The minimum atomic E-state index is -0.174. The highest BCUT2D eigenvalue weighted by Gasteiger charge is 2.10. The molecule has 0 aromatic heterocycles. The van der Waals surface area contributed by atoms with E-state index in [0.717, 1.165) is 6.42 Å². The second kappa shape index (κ2) is 5.58. The minimum Gasteiger partial charge on any atom is -0.352 e. The Balaban J connectivity index is 2.90. The summed E-state index contributed by atoms with van der Waals surface area (Å²) in [6, 6.07) is 4.93. The van der Waals surface area contributed by atoms with Gasteiger partial charge in [0.1, 0.15) is 0 Å². The highest BCUT2D eigenvalue weighted by Crippen LogP contribution is 2.19. The molecule has 1 rings (SSSR count). The molecule has 0 saturated carbocycles. The highest BCUT2D eigenvalue weighted by atomic mass is 35.5. The van der Waals surface area contributed by atoms with Crippen LogP contribution in [0.4, 0.5) is 5.69 Å². The predicted octanol–water partition coefficient (Wildman–Crippen LogP) is 1.77. The maximum atomic E-state index is 11.7. The number of nitrogen functional groups attached to an aromatic ring is 1. The molecule has 4 N–H and O–H groups in total. The molecule has 1 aromatic carbocycles. The lowest BCUT2D eigenvalue weighted by Gasteiger charge is -2.09. The number of carbonyl (C=O) groups is 1. The lowest BCUT2D eigenvalue weighted by atomic mass is 10.1. The molecule has 82 valence electrons. The molecule has 0 spiro atoms. The number of nitrogens with two attached hydrogens (primary N) is 1. The molecule has 0 aliphatic heterocycles. The molecule has 0 fully saturated rings. The van der Waals surface area contributed by atoms with Crippen LogP contribution in [-0.2, 0) is 0 Å². The Kier molecular flexibility index (Phi) is 4.39. The van der Waals surface area contributed by atoms with Gasteiger partial charge in [-0.2, -0.15) is 0 Å². The van der Waals surface area contributed by atoms with E-state index in [1.54, 1.807) is 18.2 Å². The number of rotatable bonds is 4. The number of nitrogens with one attached hydrogen (secondary N) is 2. The van der Waals surface area contributed by atoms with Crippen molar-refractivity contribution in [2.75, 3.05) is 12.0 Å². The van der Waals surface area contributed by atoms with Crippen LogP contribution >= 0.6 is 11.6 Å². The third-order valence-electron chi connectivity index (χ3n) is 1.92. The van der Waals surface area contributed by atoms with E-state index in [9.17, 15) is 4.79 Å². The van der Waals surface area contributed by atoms with Gasteiger partial charge < -0.3 is 10.7 Å². The zero-order valence-electron chi connectivity index (χ0n) is 8.51. The summed E-state index contributed by atoms with van der Waals surface area (Å²) in [5.74, 6) is 5.12. The van der Waals surface area contributed by atoms with Crippen LogP contribution in [0.2, 0.25) is 5.02 Å². The van der Waals surface area contributed by atoms with Gasteiger partial charge in [-0.25, -0.2) is 0 Å². The molecular weight excluding hydrogens is 214 g/mol. The van der Waals surface area contributed by atoms with Gasteiger partial charge in [-0.1, -0.05) is 18.5 Å². The van der Waals surface area contributed by atoms with E-state index in [-0.39, 0.29) is 5.91 Å². The summed E-state index contributed by atoms with van der Waals surface area (Å²) in [6.07, 6.45) is 0.887. The molecule has 1 amide bonds. The summed E-state index contributed by atoms with van der Waals surface area (Å²) < 4.78 is 0. The van der Waals surface area contributed by atoms with Gasteiger partial charge in [-0.15, -0.1) is 0 Å². The maximum absolute atomic E-state index is 11.7. The first-order valence-corrected chi connectivity index (χ1v) is 5.11. The number of amides is 1. The zero-order chi connectivity index (χ0) is 11.3. The van der Waals surface area contributed by atoms with E-state index >= 15 is 0 Å². The van der Waals surface area contributed by atoms with Crippen molar-refractivity contribution in [3.8, 4) is 0 Å². The lowest BCUT2D eigenvalue weighted by Crippen LogP contribution is -2.25. The number of anilines is 1. The van der Waals surface area contributed by atoms with Crippen LogP contribution in [-0.4, -0.2) is 12.5 Å². The number of carbonyl (C=O) groups excluding carboxylic acids is 1. The van der Waals surface area contributed by atoms with Crippen LogP contribution in [0.5, 0.6) is 0 Å². The van der Waals surface area contributed by atoms with Gasteiger partial charge in [0.05, 0.1) is 11.3 Å². The molecule has 0 atom stereocenters. The fourth-order valence-electron chi connectivity index (χ4n) is 1.16. The third-order valence-corrected chi connectivity index (χ3v) is 2.15. The van der Waals surface area contributed by atoms with Gasteiger partial charge >= 0.3 is 0 Å². The van der Waals surface area contributed by atoms with Crippen molar-refractivity contribution >= 4 is 23.2 Å². The summed E-state index contributed by atoms with van der Waals surface area (Å²) in [7, 11) is 0. The number of hydrogen-bond acceptors (Lipinski definition) is 3. The number of benzene rings is 1. The smallest absolute Gasteiger partial charge is 0.253 e. The molecule has 0 heterocycles. The normalized spacial score (nSPS) is 9.80. The first-order valence-electron chi connectivity index (χ1n) is 4.73. The van der Waals surface area contributed by atoms with E-state index in [0.29, 0.717) is 22.8 Å². The lowest BCUT2D eigenvalue weighted by molar-refractivity contribution is 0.0954. The Labute approximate surface area is 93.8 Å². The molecule has 0 radical (unpaired) electrons. The first-order chi connectivity index (χ1) is 7.19. The maximum Gasteiger partial charge on any atom is 0.253 e. The Morgan fingerprint density at radius 3 is 2.87 bits per heavy atom. The zero-order valence-corrected chi connectivity index (χ0v) is 9.27. The van der Waals surface area contributed by atoms with E-state index in [1.165, 1.54) is 0 Å². The molecule has 0 bridgehead atoms. The largest absolute Gasteiger partial charge is 0.352 e. The van der Waals surface area contributed by atoms with Gasteiger partial charge in [-0.3, -0.25) is 10.6 Å². The quantitative estimate of drug-likeness (QED) is 0.543. The fraction of sp³-hybridized carbons (Fsp3) is 0.300. The SMILES string of the molecule is CCCNC(=O)c1cc(Cl)ccc1NN. The fourth-order valence-corrected chi connectivity index (χ4v) is 1.34. The Morgan fingerprint density at radius 1 is 1.53 bits per heavy atom. The average Bonchev–Trinajstić information content (AvgIpc) is 2.25. The molecule has 4 nitrogen and oxygen atoms in total. The van der Waals surface area contributed by atoms with E-state index < -0.39 is 0 Å². The third kappa shape index (κ3) is 3.11. The molecule has 0 aliphatic rings. The van der Waals surface area contributed by atoms with Gasteiger partial charge in [-0.05, 0) is 24.6 Å². The standard InChI is InChI=1S/C10H14ClN3O/c1-2-5-13-10(15)8-6-7(11)3-4-9(8)14-12/h3-4,6,14H,2,5,12H2,1H3,(H,13,15). The monoisotopic (exact) mass is 227 g/mol. The Morgan fingerprint density at radius 2 is 2.27 bits per heavy atom. The molecule has 0 saturated heterocycles. The number of hydrogen-bond donors (Lipinski definition) is 3. The average molecular weight is 228 g/mol. The van der Waals surface area contributed by atoms with Crippen molar-refractivity contribution < 1.29 is 4.79 Å². The Hall–Kier alpha value is -1.26. The topological polar surface area (TPSA) is 67.2 Å². The molecule has 0 unspecified atom stereocenters. The van der Waals surface area contributed by atoms with Crippen LogP contribution in [0.3, 0.4) is 0 Å². The first kappa shape index (κ1) is 11.8. The molecule has 0 aliphatic carbocycles. The molecule has 5 heteroatoms. The van der Waals surface area contributed by atoms with Crippen LogP contribution in [0.25, 0.3) is 0 Å². The highest BCUT2D eigenvalue weighted by molar-refractivity contribution is 6.31. The van der Waals surface area contributed by atoms with Gasteiger partial charge in [0, 0.05) is 11.6 Å². The summed E-state index contributed by atoms with van der Waals surface area (Å²) in [5, 5.41) is 3.27. The van der Waals surface area contributed by atoms with Crippen molar-refractivity contribution in [3.05, 3.63) is 28.8 Å². The minimum absolute atomic E-state index is 0.174. The van der Waals surface area contributed by atoms with Crippen LogP contribution in [0, 0.1) is 0 Å². The second-order valence-electron chi connectivity index (χ2n) is 3.09. The van der Waals surface area contributed by atoms with Crippen molar-refractivity contribution in [2.24, 2.45) is 5.84 Å². The van der Waals surface area contributed by atoms with Crippen molar-refractivity contribution in [1.29, 1.82) is 0 Å². The molecule has 15 heavy (non-hydrogen) atoms. The summed E-state index contributed by atoms with van der Waals surface area (Å²) in [6.45, 7) is 2.62. The Bertz CT molecular complexity index is 355. The van der Waals surface area contributed by atoms with E-state index in [2.05, 4.69) is 10.7 Å². The van der Waals surface area contributed by atoms with Crippen molar-refractivity contribution in [1.82, 2.24) is 5.32 Å². The molecular formula is C10H14ClN3O. The predicted molar refractivity (Wildman–Crippen MR) is 61.9 cm³/mol. The summed E-state index contributed by atoms with van der Waals surface area (Å²) in [4.78, 5) is 11.7. The van der Waals surface area contributed by atoms with Gasteiger partial charge in [0.2, 0.25) is 0 Å². The summed E-state index contributed by atoms with van der Waals surface area (Å²) >= 11 is 5.80. The van der Waals surface area contributed by atoms with Crippen LogP contribution in [0.1, 0.15) is 23.7 Å². The molecule has 1 aromatic rings.